The minimum absolute atomic E-state index is 0.289. The SMILES string of the molecule is Clc1cc(Cl)c2c(c1)[C@H]1C=CC[C@H]1[C@@H](c1ccccc1)N2. The molecule has 2 aromatic carbocycles. The second-order valence-corrected chi connectivity index (χ2v) is 6.58. The fourth-order valence-corrected chi connectivity index (χ4v) is 4.18. The van der Waals surface area contributed by atoms with Crippen LogP contribution in [0.2, 0.25) is 10.0 Å². The summed E-state index contributed by atoms with van der Waals surface area (Å²) in [6.45, 7) is 0. The number of nitrogens with one attached hydrogen (secondary N) is 1. The van der Waals surface area contributed by atoms with Crippen molar-refractivity contribution in [3.63, 3.8) is 0 Å². The molecule has 3 heteroatoms. The summed E-state index contributed by atoms with van der Waals surface area (Å²) in [6, 6.07) is 14.7. The molecule has 4 rings (SSSR count). The Labute approximate surface area is 134 Å². The van der Waals surface area contributed by atoms with Crippen molar-refractivity contribution < 1.29 is 0 Å². The number of halogens is 2. The Balaban J connectivity index is 1.84. The van der Waals surface area contributed by atoms with Crippen molar-refractivity contribution in [3.8, 4) is 0 Å². The smallest absolute Gasteiger partial charge is 0.0655 e. The maximum Gasteiger partial charge on any atom is 0.0655 e. The zero-order valence-corrected chi connectivity index (χ0v) is 12.9. The summed E-state index contributed by atoms with van der Waals surface area (Å²) in [5.74, 6) is 0.914. The largest absolute Gasteiger partial charge is 0.376 e. The molecule has 1 nitrogen and oxygen atoms in total. The van der Waals surface area contributed by atoms with Crippen LogP contribution in [0.3, 0.4) is 0 Å². The van der Waals surface area contributed by atoms with Gasteiger partial charge >= 0.3 is 0 Å². The van der Waals surface area contributed by atoms with E-state index < -0.39 is 0 Å². The molecule has 0 bridgehead atoms. The number of allylic oxidation sites excluding steroid dienone is 2. The van der Waals surface area contributed by atoms with Crippen molar-refractivity contribution in [2.24, 2.45) is 5.92 Å². The third kappa shape index (κ3) is 2.16. The molecule has 1 aliphatic carbocycles. The third-order valence-electron chi connectivity index (χ3n) is 4.54. The Morgan fingerprint density at radius 1 is 1.05 bits per heavy atom. The van der Waals surface area contributed by atoms with Crippen molar-refractivity contribution in [1.82, 2.24) is 0 Å². The monoisotopic (exact) mass is 315 g/mol. The van der Waals surface area contributed by atoms with Gasteiger partial charge in [0.15, 0.2) is 0 Å². The number of rotatable bonds is 1. The van der Waals surface area contributed by atoms with E-state index in [4.69, 9.17) is 23.2 Å². The van der Waals surface area contributed by atoms with Gasteiger partial charge in [0.2, 0.25) is 0 Å². The molecule has 21 heavy (non-hydrogen) atoms. The molecule has 2 aromatic rings. The van der Waals surface area contributed by atoms with Gasteiger partial charge in [0.05, 0.1) is 16.8 Å². The lowest BCUT2D eigenvalue weighted by Crippen LogP contribution is -2.29. The van der Waals surface area contributed by atoms with E-state index in [0.29, 0.717) is 21.9 Å². The van der Waals surface area contributed by atoms with Crippen molar-refractivity contribution in [2.75, 3.05) is 5.32 Å². The van der Waals surface area contributed by atoms with Crippen LogP contribution in [0.4, 0.5) is 5.69 Å². The van der Waals surface area contributed by atoms with Crippen LogP contribution in [0.25, 0.3) is 0 Å². The molecule has 3 atom stereocenters. The van der Waals surface area contributed by atoms with E-state index in [-0.39, 0.29) is 6.04 Å². The van der Waals surface area contributed by atoms with Crippen LogP contribution < -0.4 is 5.32 Å². The van der Waals surface area contributed by atoms with E-state index in [1.807, 2.05) is 12.1 Å². The molecule has 1 aliphatic heterocycles. The molecule has 0 aromatic heterocycles. The van der Waals surface area contributed by atoms with Crippen LogP contribution in [-0.4, -0.2) is 0 Å². The van der Waals surface area contributed by atoms with Crippen LogP contribution in [0.15, 0.2) is 54.6 Å². The van der Waals surface area contributed by atoms with E-state index in [9.17, 15) is 0 Å². The molecule has 1 N–H and O–H groups in total. The molecule has 0 radical (unpaired) electrons. The third-order valence-corrected chi connectivity index (χ3v) is 5.06. The Morgan fingerprint density at radius 2 is 1.86 bits per heavy atom. The highest BCUT2D eigenvalue weighted by Gasteiger charge is 2.38. The lowest BCUT2D eigenvalue weighted by atomic mass is 9.77. The second-order valence-electron chi connectivity index (χ2n) is 5.74. The quantitative estimate of drug-likeness (QED) is 0.654. The maximum absolute atomic E-state index is 6.42. The summed E-state index contributed by atoms with van der Waals surface area (Å²) in [5, 5.41) is 5.06. The summed E-state index contributed by atoms with van der Waals surface area (Å²) in [7, 11) is 0. The highest BCUT2D eigenvalue weighted by molar-refractivity contribution is 6.36. The first-order chi connectivity index (χ1) is 10.2. The van der Waals surface area contributed by atoms with Gasteiger partial charge < -0.3 is 5.32 Å². The fourth-order valence-electron chi connectivity index (χ4n) is 3.61. The van der Waals surface area contributed by atoms with Gasteiger partial charge in [-0.05, 0) is 35.6 Å². The summed E-state index contributed by atoms with van der Waals surface area (Å²) < 4.78 is 0. The van der Waals surface area contributed by atoms with Crippen LogP contribution in [0, 0.1) is 5.92 Å². The molecule has 0 fully saturated rings. The standard InChI is InChI=1S/C18H15Cl2N/c19-12-9-15-13-7-4-8-14(13)17(11-5-2-1-3-6-11)21-18(15)16(20)10-12/h1-7,9-10,13-14,17,21H,8H2/t13-,14+,17+/m0/s1. The Hall–Kier alpha value is -1.44. The predicted octanol–water partition coefficient (Wildman–Crippen LogP) is 5.82. The molecular weight excluding hydrogens is 301 g/mol. The molecule has 0 unspecified atom stereocenters. The summed E-state index contributed by atoms with van der Waals surface area (Å²) in [6.07, 6.45) is 5.66. The van der Waals surface area contributed by atoms with Crippen LogP contribution in [-0.2, 0) is 0 Å². The van der Waals surface area contributed by atoms with Gasteiger partial charge in [0.1, 0.15) is 0 Å². The maximum atomic E-state index is 6.42. The van der Waals surface area contributed by atoms with Gasteiger partial charge in [-0.1, -0.05) is 65.7 Å². The van der Waals surface area contributed by atoms with Gasteiger partial charge in [0, 0.05) is 10.9 Å². The topological polar surface area (TPSA) is 12.0 Å². The van der Waals surface area contributed by atoms with Crippen molar-refractivity contribution >= 4 is 28.9 Å². The number of anilines is 1. The number of benzene rings is 2. The minimum Gasteiger partial charge on any atom is -0.376 e. The average molecular weight is 316 g/mol. The van der Waals surface area contributed by atoms with Crippen LogP contribution in [0.1, 0.15) is 29.5 Å². The molecule has 0 saturated carbocycles. The van der Waals surface area contributed by atoms with Crippen LogP contribution >= 0.6 is 23.2 Å². The number of hydrogen-bond acceptors (Lipinski definition) is 1. The van der Waals surface area contributed by atoms with Gasteiger partial charge in [-0.3, -0.25) is 0 Å². The molecule has 106 valence electrons. The highest BCUT2D eigenvalue weighted by atomic mass is 35.5. The van der Waals surface area contributed by atoms with Crippen LogP contribution in [0.5, 0.6) is 0 Å². The van der Waals surface area contributed by atoms with E-state index in [2.05, 4.69) is 47.8 Å². The lowest BCUT2D eigenvalue weighted by Gasteiger charge is -2.38. The van der Waals surface area contributed by atoms with E-state index in [1.165, 1.54) is 11.1 Å². The Bertz CT molecular complexity index is 709. The Morgan fingerprint density at radius 3 is 2.67 bits per heavy atom. The molecule has 0 spiro atoms. The number of hydrogen-bond donors (Lipinski definition) is 1. The average Bonchev–Trinajstić information content (AvgIpc) is 2.97. The van der Waals surface area contributed by atoms with E-state index in [0.717, 1.165) is 12.1 Å². The second kappa shape index (κ2) is 5.08. The molecule has 0 amide bonds. The zero-order valence-electron chi connectivity index (χ0n) is 11.4. The summed E-state index contributed by atoms with van der Waals surface area (Å²) in [5.41, 5.74) is 3.56. The van der Waals surface area contributed by atoms with E-state index in [1.54, 1.807) is 0 Å². The summed E-state index contributed by atoms with van der Waals surface area (Å²) in [4.78, 5) is 0. The molecule has 1 heterocycles. The van der Waals surface area contributed by atoms with Gasteiger partial charge in [-0.2, -0.15) is 0 Å². The Kier molecular flexibility index (Phi) is 3.20. The predicted molar refractivity (Wildman–Crippen MR) is 89.3 cm³/mol. The normalized spacial score (nSPS) is 26.1. The first kappa shape index (κ1) is 13.2. The van der Waals surface area contributed by atoms with Gasteiger partial charge in [-0.15, -0.1) is 0 Å². The fraction of sp³-hybridized carbons (Fsp3) is 0.222. The lowest BCUT2D eigenvalue weighted by molar-refractivity contribution is 0.425. The van der Waals surface area contributed by atoms with Crippen molar-refractivity contribution in [3.05, 3.63) is 75.8 Å². The first-order valence-corrected chi connectivity index (χ1v) is 7.97. The molecule has 0 saturated heterocycles. The first-order valence-electron chi connectivity index (χ1n) is 7.21. The summed E-state index contributed by atoms with van der Waals surface area (Å²) >= 11 is 12.6. The van der Waals surface area contributed by atoms with Gasteiger partial charge in [0.25, 0.3) is 0 Å². The molecule has 2 aliphatic rings. The van der Waals surface area contributed by atoms with Crippen molar-refractivity contribution in [2.45, 2.75) is 18.4 Å². The van der Waals surface area contributed by atoms with Crippen molar-refractivity contribution in [1.29, 1.82) is 0 Å². The van der Waals surface area contributed by atoms with Gasteiger partial charge in [-0.25, -0.2) is 0 Å². The highest BCUT2D eigenvalue weighted by Crippen LogP contribution is 2.52. The minimum atomic E-state index is 0.289. The molecular formula is C18H15Cl2N. The zero-order chi connectivity index (χ0) is 14.4. The number of fused-ring (bicyclic) bond motifs is 3. The van der Waals surface area contributed by atoms with E-state index >= 15 is 0 Å².